The molecule has 1 aromatic carbocycles. The van der Waals surface area contributed by atoms with E-state index in [1.807, 2.05) is 12.1 Å². The first-order valence-corrected chi connectivity index (χ1v) is 7.87. The van der Waals surface area contributed by atoms with Gasteiger partial charge in [-0.05, 0) is 49.8 Å². The van der Waals surface area contributed by atoms with Gasteiger partial charge in [0, 0.05) is 12.1 Å². The van der Waals surface area contributed by atoms with Gasteiger partial charge in [-0.25, -0.2) is 0 Å². The van der Waals surface area contributed by atoms with Crippen LogP contribution in [0.5, 0.6) is 5.75 Å². The van der Waals surface area contributed by atoms with Crippen molar-refractivity contribution in [2.45, 2.75) is 57.2 Å². The zero-order chi connectivity index (χ0) is 15.0. The summed E-state index contributed by atoms with van der Waals surface area (Å²) in [4.78, 5) is 13.9. The Morgan fingerprint density at radius 1 is 1.24 bits per heavy atom. The highest BCUT2D eigenvalue weighted by Gasteiger charge is 2.47. The highest BCUT2D eigenvalue weighted by molar-refractivity contribution is 5.74. The summed E-state index contributed by atoms with van der Waals surface area (Å²) in [5.41, 5.74) is 1.07. The quantitative estimate of drug-likeness (QED) is 0.897. The number of likely N-dealkylation sites (tertiary alicyclic amines) is 1. The first-order chi connectivity index (χ1) is 10.1. The molecule has 3 rings (SSSR count). The van der Waals surface area contributed by atoms with Crippen molar-refractivity contribution in [3.8, 4) is 5.75 Å². The number of phenolic OH excluding ortho intramolecular Hbond substituents is 1. The predicted molar refractivity (Wildman–Crippen MR) is 80.1 cm³/mol. The lowest BCUT2D eigenvalue weighted by molar-refractivity contribution is -0.143. The predicted octanol–water partition coefficient (Wildman–Crippen LogP) is 3.17. The van der Waals surface area contributed by atoms with Crippen LogP contribution >= 0.6 is 0 Å². The van der Waals surface area contributed by atoms with E-state index in [1.54, 1.807) is 12.1 Å². The summed E-state index contributed by atoms with van der Waals surface area (Å²) < 4.78 is 0. The van der Waals surface area contributed by atoms with E-state index in [4.69, 9.17) is 0 Å². The number of benzene rings is 1. The zero-order valence-electron chi connectivity index (χ0n) is 12.4. The minimum absolute atomic E-state index is 0.0693. The molecule has 21 heavy (non-hydrogen) atoms. The molecule has 1 aromatic rings. The molecule has 1 aliphatic carbocycles. The van der Waals surface area contributed by atoms with Crippen LogP contribution in [0.25, 0.3) is 0 Å². The molecule has 2 fully saturated rings. The molecular weight excluding hydrogens is 266 g/mol. The fourth-order valence-electron chi connectivity index (χ4n) is 4.21. The fraction of sp³-hybridized carbons (Fsp3) is 0.588. The number of phenols is 1. The van der Waals surface area contributed by atoms with Crippen molar-refractivity contribution in [3.05, 3.63) is 29.8 Å². The summed E-state index contributed by atoms with van der Waals surface area (Å²) >= 11 is 0. The Kier molecular flexibility index (Phi) is 3.89. The molecule has 0 aromatic heterocycles. The van der Waals surface area contributed by atoms with Crippen LogP contribution in [-0.4, -0.2) is 33.2 Å². The van der Waals surface area contributed by atoms with E-state index in [0.29, 0.717) is 12.0 Å². The van der Waals surface area contributed by atoms with E-state index in [1.165, 1.54) is 12.8 Å². The molecule has 1 saturated heterocycles. The van der Waals surface area contributed by atoms with Gasteiger partial charge in [-0.3, -0.25) is 9.69 Å². The topological polar surface area (TPSA) is 60.8 Å². The third-order valence-electron chi connectivity index (χ3n) is 5.25. The van der Waals surface area contributed by atoms with E-state index in [0.717, 1.165) is 24.8 Å². The molecular formula is C17H23NO3. The Morgan fingerprint density at radius 2 is 1.90 bits per heavy atom. The Hall–Kier alpha value is -1.55. The highest BCUT2D eigenvalue weighted by atomic mass is 16.4. The molecule has 4 atom stereocenters. The summed E-state index contributed by atoms with van der Waals surface area (Å²) in [7, 11) is 0. The third-order valence-corrected chi connectivity index (χ3v) is 5.25. The Labute approximate surface area is 125 Å². The number of rotatable bonds is 3. The average Bonchev–Trinajstić information content (AvgIpc) is 2.87. The molecule has 0 amide bonds. The van der Waals surface area contributed by atoms with Crippen LogP contribution in [0.2, 0.25) is 0 Å². The maximum atomic E-state index is 11.7. The number of carboxylic acid groups (broad SMARTS) is 1. The van der Waals surface area contributed by atoms with Crippen LogP contribution in [0, 0.1) is 5.92 Å². The Balaban J connectivity index is 1.88. The van der Waals surface area contributed by atoms with Crippen LogP contribution in [0.15, 0.2) is 24.3 Å². The van der Waals surface area contributed by atoms with Gasteiger partial charge >= 0.3 is 5.97 Å². The molecule has 1 saturated carbocycles. The van der Waals surface area contributed by atoms with Crippen molar-refractivity contribution in [1.29, 1.82) is 0 Å². The van der Waals surface area contributed by atoms with Crippen LogP contribution in [0.3, 0.4) is 0 Å². The molecule has 2 aliphatic rings. The summed E-state index contributed by atoms with van der Waals surface area (Å²) in [6.45, 7) is 2.08. The summed E-state index contributed by atoms with van der Waals surface area (Å²) in [6, 6.07) is 7.24. The van der Waals surface area contributed by atoms with Crippen LogP contribution in [0.4, 0.5) is 0 Å². The van der Waals surface area contributed by atoms with Gasteiger partial charge in [-0.2, -0.15) is 0 Å². The smallest absolute Gasteiger partial charge is 0.320 e. The molecule has 4 unspecified atom stereocenters. The van der Waals surface area contributed by atoms with Gasteiger partial charge in [0.25, 0.3) is 0 Å². The number of fused-ring (bicyclic) bond motifs is 1. The van der Waals surface area contributed by atoms with Gasteiger partial charge in [0.2, 0.25) is 0 Å². The fourth-order valence-corrected chi connectivity index (χ4v) is 4.21. The maximum Gasteiger partial charge on any atom is 0.320 e. The van der Waals surface area contributed by atoms with Crippen molar-refractivity contribution in [2.24, 2.45) is 5.92 Å². The zero-order valence-corrected chi connectivity index (χ0v) is 12.4. The summed E-state index contributed by atoms with van der Waals surface area (Å²) in [5, 5.41) is 19.0. The number of nitrogens with zero attached hydrogens (tertiary/aromatic N) is 1. The number of carboxylic acids is 1. The largest absolute Gasteiger partial charge is 0.508 e. The first kappa shape index (κ1) is 14.4. The lowest BCUT2D eigenvalue weighted by Crippen LogP contribution is -2.43. The van der Waals surface area contributed by atoms with E-state index in [9.17, 15) is 15.0 Å². The van der Waals surface area contributed by atoms with Gasteiger partial charge in [-0.1, -0.05) is 25.0 Å². The molecule has 2 N–H and O–H groups in total. The lowest BCUT2D eigenvalue weighted by Gasteiger charge is -2.37. The summed E-state index contributed by atoms with van der Waals surface area (Å²) in [5.74, 6) is 0.0761. The molecule has 4 heteroatoms. The second-order valence-corrected chi connectivity index (χ2v) is 6.42. The number of aliphatic carboxylic acids is 1. The number of aromatic hydroxyl groups is 1. The Bertz CT molecular complexity index is 513. The van der Waals surface area contributed by atoms with E-state index < -0.39 is 5.97 Å². The minimum atomic E-state index is -0.699. The molecule has 1 heterocycles. The van der Waals surface area contributed by atoms with Crippen molar-refractivity contribution in [2.75, 3.05) is 0 Å². The van der Waals surface area contributed by atoms with Crippen molar-refractivity contribution < 1.29 is 15.0 Å². The van der Waals surface area contributed by atoms with Crippen molar-refractivity contribution in [1.82, 2.24) is 4.90 Å². The Morgan fingerprint density at radius 3 is 2.57 bits per heavy atom. The normalized spacial score (nSPS) is 30.8. The highest BCUT2D eigenvalue weighted by Crippen LogP contribution is 2.44. The monoisotopic (exact) mass is 289 g/mol. The average molecular weight is 289 g/mol. The maximum absolute atomic E-state index is 11.7. The third kappa shape index (κ3) is 2.64. The number of carbonyl (C=O) groups is 1. The van der Waals surface area contributed by atoms with Crippen LogP contribution in [0.1, 0.15) is 50.6 Å². The standard InChI is InChI=1S/C17H23NO3/c1-11(12-6-8-14(19)9-7-12)18-15-5-3-2-4-13(15)10-16(18)17(20)21/h6-9,11,13,15-16,19H,2-5,10H2,1H3,(H,20,21). The molecule has 0 spiro atoms. The second-order valence-electron chi connectivity index (χ2n) is 6.42. The number of hydrogen-bond acceptors (Lipinski definition) is 3. The van der Waals surface area contributed by atoms with Crippen molar-refractivity contribution in [3.63, 3.8) is 0 Å². The van der Waals surface area contributed by atoms with Gasteiger partial charge in [0.1, 0.15) is 11.8 Å². The van der Waals surface area contributed by atoms with Crippen LogP contribution < -0.4 is 0 Å². The van der Waals surface area contributed by atoms with Gasteiger partial charge in [0.15, 0.2) is 0 Å². The SMILES string of the molecule is CC(c1ccc(O)cc1)N1C(C(=O)O)CC2CCCCC21. The molecule has 0 bridgehead atoms. The van der Waals surface area contributed by atoms with Crippen molar-refractivity contribution >= 4 is 5.97 Å². The van der Waals surface area contributed by atoms with Crippen LogP contribution in [-0.2, 0) is 4.79 Å². The van der Waals surface area contributed by atoms with E-state index in [-0.39, 0.29) is 17.8 Å². The summed E-state index contributed by atoms with van der Waals surface area (Å²) in [6.07, 6.45) is 5.48. The molecule has 1 aliphatic heterocycles. The van der Waals surface area contributed by atoms with Gasteiger partial charge < -0.3 is 10.2 Å². The second kappa shape index (κ2) is 5.68. The molecule has 114 valence electrons. The first-order valence-electron chi connectivity index (χ1n) is 7.87. The molecule has 4 nitrogen and oxygen atoms in total. The van der Waals surface area contributed by atoms with Gasteiger partial charge in [-0.15, -0.1) is 0 Å². The van der Waals surface area contributed by atoms with E-state index in [2.05, 4.69) is 11.8 Å². The minimum Gasteiger partial charge on any atom is -0.508 e. The van der Waals surface area contributed by atoms with Gasteiger partial charge in [0.05, 0.1) is 0 Å². The van der Waals surface area contributed by atoms with E-state index >= 15 is 0 Å². The number of hydrogen-bond donors (Lipinski definition) is 2. The lowest BCUT2D eigenvalue weighted by atomic mass is 9.84. The molecule has 0 radical (unpaired) electrons.